The van der Waals surface area contributed by atoms with E-state index in [1.807, 2.05) is 25.1 Å². The van der Waals surface area contributed by atoms with Crippen LogP contribution in [0.1, 0.15) is 15.9 Å². The zero-order valence-electron chi connectivity index (χ0n) is 13.7. The van der Waals surface area contributed by atoms with E-state index in [9.17, 15) is 9.59 Å². The SMILES string of the molecule is Cc1ccc2nc(NC(=O)COC(=O)c3ccc4ncoc4c3)sc2c1. The Labute approximate surface area is 151 Å². The molecule has 0 spiro atoms. The highest BCUT2D eigenvalue weighted by atomic mass is 32.1. The number of aryl methyl sites for hydroxylation is 1. The number of fused-ring (bicyclic) bond motifs is 2. The number of aromatic nitrogens is 2. The van der Waals surface area contributed by atoms with Crippen LogP contribution in [-0.2, 0) is 9.53 Å². The number of carbonyl (C=O) groups excluding carboxylic acids is 2. The molecule has 26 heavy (non-hydrogen) atoms. The highest BCUT2D eigenvalue weighted by Crippen LogP contribution is 2.26. The predicted molar refractivity (Wildman–Crippen MR) is 97.3 cm³/mol. The van der Waals surface area contributed by atoms with E-state index in [1.165, 1.54) is 23.8 Å². The molecule has 0 aliphatic carbocycles. The zero-order valence-corrected chi connectivity index (χ0v) is 14.5. The van der Waals surface area contributed by atoms with E-state index >= 15 is 0 Å². The molecule has 0 aliphatic heterocycles. The topological polar surface area (TPSA) is 94.3 Å². The molecule has 1 N–H and O–H groups in total. The number of nitrogens with zero attached hydrogens (tertiary/aromatic N) is 2. The molecule has 0 atom stereocenters. The van der Waals surface area contributed by atoms with Crippen LogP contribution >= 0.6 is 11.3 Å². The van der Waals surface area contributed by atoms with Gasteiger partial charge >= 0.3 is 5.97 Å². The summed E-state index contributed by atoms with van der Waals surface area (Å²) in [5, 5.41) is 3.11. The lowest BCUT2D eigenvalue weighted by molar-refractivity contribution is -0.119. The molecular formula is C18H13N3O4S. The minimum atomic E-state index is -0.613. The number of oxazole rings is 1. The Hall–Kier alpha value is -3.26. The number of amides is 1. The van der Waals surface area contributed by atoms with Crippen LogP contribution in [-0.4, -0.2) is 28.5 Å². The van der Waals surface area contributed by atoms with Crippen LogP contribution in [0.15, 0.2) is 47.2 Å². The summed E-state index contributed by atoms with van der Waals surface area (Å²) < 4.78 is 11.2. The highest BCUT2D eigenvalue weighted by Gasteiger charge is 2.13. The van der Waals surface area contributed by atoms with Crippen LogP contribution < -0.4 is 5.32 Å². The Kier molecular flexibility index (Phi) is 4.10. The summed E-state index contributed by atoms with van der Waals surface area (Å²) >= 11 is 1.37. The molecule has 0 radical (unpaired) electrons. The predicted octanol–water partition coefficient (Wildman–Crippen LogP) is 3.54. The van der Waals surface area contributed by atoms with Crippen molar-refractivity contribution < 1.29 is 18.7 Å². The van der Waals surface area contributed by atoms with Crippen molar-refractivity contribution in [2.24, 2.45) is 0 Å². The number of hydrogen-bond donors (Lipinski definition) is 1. The summed E-state index contributed by atoms with van der Waals surface area (Å²) in [6.45, 7) is 1.59. The van der Waals surface area contributed by atoms with Gasteiger partial charge in [0.05, 0.1) is 15.8 Å². The summed E-state index contributed by atoms with van der Waals surface area (Å²) in [7, 11) is 0. The maximum absolute atomic E-state index is 12.1. The van der Waals surface area contributed by atoms with Gasteiger partial charge in [0.2, 0.25) is 0 Å². The van der Waals surface area contributed by atoms with Gasteiger partial charge in [-0.15, -0.1) is 0 Å². The van der Waals surface area contributed by atoms with Crippen molar-refractivity contribution in [3.63, 3.8) is 0 Å². The molecule has 0 unspecified atom stereocenters. The summed E-state index contributed by atoms with van der Waals surface area (Å²) in [6, 6.07) is 10.6. The molecule has 2 aromatic carbocycles. The van der Waals surface area contributed by atoms with E-state index in [1.54, 1.807) is 12.1 Å². The van der Waals surface area contributed by atoms with E-state index in [2.05, 4.69) is 15.3 Å². The lowest BCUT2D eigenvalue weighted by Crippen LogP contribution is -2.20. The van der Waals surface area contributed by atoms with E-state index < -0.39 is 18.5 Å². The van der Waals surface area contributed by atoms with Crippen LogP contribution in [0.25, 0.3) is 21.3 Å². The first-order chi connectivity index (χ1) is 12.6. The first kappa shape index (κ1) is 16.2. The fourth-order valence-electron chi connectivity index (χ4n) is 2.44. The van der Waals surface area contributed by atoms with Crippen LogP contribution in [0.4, 0.5) is 5.13 Å². The summed E-state index contributed by atoms with van der Waals surface area (Å²) in [5.41, 5.74) is 3.35. The largest absolute Gasteiger partial charge is 0.452 e. The lowest BCUT2D eigenvalue weighted by Gasteiger charge is -2.04. The molecule has 0 saturated heterocycles. The molecule has 7 nitrogen and oxygen atoms in total. The van der Waals surface area contributed by atoms with Gasteiger partial charge in [0.15, 0.2) is 23.7 Å². The number of hydrogen-bond acceptors (Lipinski definition) is 7. The monoisotopic (exact) mass is 367 g/mol. The first-order valence-electron chi connectivity index (χ1n) is 7.76. The van der Waals surface area contributed by atoms with Gasteiger partial charge in [-0.3, -0.25) is 10.1 Å². The number of thiazole rings is 1. The second-order valence-corrected chi connectivity index (χ2v) is 6.68. The average molecular weight is 367 g/mol. The molecule has 2 heterocycles. The molecule has 8 heteroatoms. The fourth-order valence-corrected chi connectivity index (χ4v) is 3.42. The Morgan fingerprint density at radius 1 is 1.19 bits per heavy atom. The van der Waals surface area contributed by atoms with Crippen molar-refractivity contribution in [1.82, 2.24) is 9.97 Å². The van der Waals surface area contributed by atoms with Gasteiger partial charge in [0, 0.05) is 0 Å². The molecule has 130 valence electrons. The molecule has 0 bridgehead atoms. The van der Waals surface area contributed by atoms with Crippen LogP contribution in [0.3, 0.4) is 0 Å². The Morgan fingerprint density at radius 2 is 2.04 bits per heavy atom. The molecule has 4 rings (SSSR count). The van der Waals surface area contributed by atoms with E-state index in [4.69, 9.17) is 9.15 Å². The smallest absolute Gasteiger partial charge is 0.338 e. The zero-order chi connectivity index (χ0) is 18.1. The average Bonchev–Trinajstić information content (AvgIpc) is 3.24. The lowest BCUT2D eigenvalue weighted by atomic mass is 10.2. The minimum Gasteiger partial charge on any atom is -0.452 e. The quantitative estimate of drug-likeness (QED) is 0.555. The van der Waals surface area contributed by atoms with Crippen molar-refractivity contribution in [2.45, 2.75) is 6.92 Å². The maximum Gasteiger partial charge on any atom is 0.338 e. The molecule has 4 aromatic rings. The number of esters is 1. The molecule has 0 saturated carbocycles. The Bertz CT molecular complexity index is 1130. The standard InChI is InChI=1S/C18H13N3O4S/c1-10-2-4-13-15(6-10)26-18(20-13)21-16(22)8-24-17(23)11-3-5-12-14(7-11)25-9-19-12/h2-7,9H,8H2,1H3,(H,20,21,22). The number of ether oxygens (including phenoxy) is 1. The maximum atomic E-state index is 12.1. The first-order valence-corrected chi connectivity index (χ1v) is 8.57. The minimum absolute atomic E-state index is 0.289. The van der Waals surface area contributed by atoms with Crippen molar-refractivity contribution in [3.8, 4) is 0 Å². The second kappa shape index (κ2) is 6.57. The van der Waals surface area contributed by atoms with Crippen molar-refractivity contribution >= 4 is 49.7 Å². The van der Waals surface area contributed by atoms with Crippen LogP contribution in [0.5, 0.6) is 0 Å². The highest BCUT2D eigenvalue weighted by molar-refractivity contribution is 7.22. The van der Waals surface area contributed by atoms with Crippen LogP contribution in [0, 0.1) is 6.92 Å². The van der Waals surface area contributed by atoms with Gasteiger partial charge in [0.1, 0.15) is 5.52 Å². The second-order valence-electron chi connectivity index (χ2n) is 5.65. The van der Waals surface area contributed by atoms with Gasteiger partial charge in [-0.2, -0.15) is 0 Å². The van der Waals surface area contributed by atoms with Crippen molar-refractivity contribution in [1.29, 1.82) is 0 Å². The van der Waals surface area contributed by atoms with E-state index in [0.29, 0.717) is 16.2 Å². The number of benzene rings is 2. The van der Waals surface area contributed by atoms with Gasteiger partial charge in [0.25, 0.3) is 5.91 Å². The van der Waals surface area contributed by atoms with Crippen molar-refractivity contribution in [3.05, 3.63) is 53.9 Å². The number of rotatable bonds is 4. The number of anilines is 1. The van der Waals surface area contributed by atoms with Gasteiger partial charge in [-0.05, 0) is 42.8 Å². The van der Waals surface area contributed by atoms with Gasteiger partial charge in [-0.25, -0.2) is 14.8 Å². The van der Waals surface area contributed by atoms with Crippen molar-refractivity contribution in [2.75, 3.05) is 11.9 Å². The molecular weight excluding hydrogens is 354 g/mol. The molecule has 0 aliphatic rings. The Morgan fingerprint density at radius 3 is 2.92 bits per heavy atom. The van der Waals surface area contributed by atoms with Gasteiger partial charge in [-0.1, -0.05) is 17.4 Å². The molecule has 0 fully saturated rings. The number of nitrogens with one attached hydrogen (secondary N) is 1. The normalized spacial score (nSPS) is 11.0. The summed E-state index contributed by atoms with van der Waals surface area (Å²) in [6.07, 6.45) is 1.30. The third-order valence-electron chi connectivity index (χ3n) is 3.69. The van der Waals surface area contributed by atoms with E-state index in [0.717, 1.165) is 15.8 Å². The number of carbonyl (C=O) groups is 2. The molecule has 1 amide bonds. The van der Waals surface area contributed by atoms with E-state index in [-0.39, 0.29) is 5.56 Å². The third-order valence-corrected chi connectivity index (χ3v) is 4.63. The molecule has 2 aromatic heterocycles. The third kappa shape index (κ3) is 3.27. The fraction of sp³-hybridized carbons (Fsp3) is 0.111. The van der Waals surface area contributed by atoms with Gasteiger partial charge < -0.3 is 9.15 Å². The van der Waals surface area contributed by atoms with Crippen LogP contribution in [0.2, 0.25) is 0 Å². The summed E-state index contributed by atoms with van der Waals surface area (Å²) in [4.78, 5) is 32.4. The summed E-state index contributed by atoms with van der Waals surface area (Å²) in [5.74, 6) is -1.06. The Balaban J connectivity index is 1.38.